The number of rotatable bonds is 4. The monoisotopic (exact) mass is 243 g/mol. The van der Waals surface area contributed by atoms with Crippen LogP contribution in [0.2, 0.25) is 0 Å². The van der Waals surface area contributed by atoms with Crippen molar-refractivity contribution in [1.82, 2.24) is 9.97 Å². The van der Waals surface area contributed by atoms with Crippen molar-refractivity contribution in [2.45, 2.75) is 20.5 Å². The van der Waals surface area contributed by atoms with Crippen LogP contribution in [0.25, 0.3) is 0 Å². The van der Waals surface area contributed by atoms with Crippen molar-refractivity contribution in [3.05, 3.63) is 47.4 Å². The molecule has 1 aromatic heterocycles. The van der Waals surface area contributed by atoms with Gasteiger partial charge in [0.2, 0.25) is 0 Å². The highest BCUT2D eigenvalue weighted by atomic mass is 16.5. The van der Waals surface area contributed by atoms with Crippen LogP contribution >= 0.6 is 0 Å². The molecular formula is C14H17N3O. The minimum absolute atomic E-state index is 0.432. The van der Waals surface area contributed by atoms with Crippen LogP contribution in [-0.2, 0) is 6.61 Å². The molecule has 0 aliphatic heterocycles. The normalized spacial score (nSPS) is 10.2. The summed E-state index contributed by atoms with van der Waals surface area (Å²) < 4.78 is 5.75. The zero-order valence-corrected chi connectivity index (χ0v) is 10.9. The summed E-state index contributed by atoms with van der Waals surface area (Å²) in [4.78, 5) is 8.46. The lowest BCUT2D eigenvalue weighted by molar-refractivity contribution is 0.298. The van der Waals surface area contributed by atoms with E-state index in [1.165, 1.54) is 5.56 Å². The van der Waals surface area contributed by atoms with E-state index < -0.39 is 0 Å². The zero-order valence-electron chi connectivity index (χ0n) is 10.9. The SMILES string of the molecule is CNc1cnc(COc2cc(C)ccc2C)cn1. The minimum Gasteiger partial charge on any atom is -0.487 e. The Bertz CT molecular complexity index is 523. The zero-order chi connectivity index (χ0) is 13.0. The molecule has 0 spiro atoms. The maximum Gasteiger partial charge on any atom is 0.144 e. The number of hydrogen-bond donors (Lipinski definition) is 1. The molecule has 4 nitrogen and oxygen atoms in total. The molecule has 0 radical (unpaired) electrons. The summed E-state index contributed by atoms with van der Waals surface area (Å²) in [6.45, 7) is 4.51. The molecule has 2 rings (SSSR count). The topological polar surface area (TPSA) is 47.0 Å². The Morgan fingerprint density at radius 2 is 2.00 bits per heavy atom. The largest absolute Gasteiger partial charge is 0.487 e. The predicted octanol–water partition coefficient (Wildman–Crippen LogP) is 2.71. The van der Waals surface area contributed by atoms with Crippen molar-refractivity contribution in [3.8, 4) is 5.75 Å². The van der Waals surface area contributed by atoms with Gasteiger partial charge in [-0.2, -0.15) is 0 Å². The molecule has 1 heterocycles. The van der Waals surface area contributed by atoms with Crippen LogP contribution in [0.3, 0.4) is 0 Å². The first kappa shape index (κ1) is 12.4. The van der Waals surface area contributed by atoms with Gasteiger partial charge in [0.25, 0.3) is 0 Å². The fraction of sp³-hybridized carbons (Fsp3) is 0.286. The highest BCUT2D eigenvalue weighted by Crippen LogP contribution is 2.20. The smallest absolute Gasteiger partial charge is 0.144 e. The van der Waals surface area contributed by atoms with E-state index in [1.807, 2.05) is 27.0 Å². The van der Waals surface area contributed by atoms with Gasteiger partial charge in [-0.1, -0.05) is 12.1 Å². The fourth-order valence-electron chi connectivity index (χ4n) is 1.57. The van der Waals surface area contributed by atoms with E-state index in [9.17, 15) is 0 Å². The van der Waals surface area contributed by atoms with Gasteiger partial charge in [-0.25, -0.2) is 4.98 Å². The molecule has 0 amide bonds. The van der Waals surface area contributed by atoms with Crippen LogP contribution in [0.5, 0.6) is 5.75 Å². The third-order valence-corrected chi connectivity index (χ3v) is 2.68. The van der Waals surface area contributed by atoms with Gasteiger partial charge in [0.05, 0.1) is 18.1 Å². The minimum atomic E-state index is 0.432. The molecule has 0 saturated heterocycles. The molecule has 4 heteroatoms. The molecule has 2 aromatic rings. The molecule has 0 aliphatic carbocycles. The summed E-state index contributed by atoms with van der Waals surface area (Å²) in [5.41, 5.74) is 3.13. The molecule has 1 N–H and O–H groups in total. The van der Waals surface area contributed by atoms with Gasteiger partial charge in [-0.15, -0.1) is 0 Å². The van der Waals surface area contributed by atoms with E-state index in [2.05, 4.69) is 27.4 Å². The summed E-state index contributed by atoms with van der Waals surface area (Å²) in [6.07, 6.45) is 3.42. The Labute approximate surface area is 107 Å². The van der Waals surface area contributed by atoms with Crippen LogP contribution in [0.4, 0.5) is 5.82 Å². The molecular weight excluding hydrogens is 226 g/mol. The lowest BCUT2D eigenvalue weighted by Gasteiger charge is -2.09. The van der Waals surface area contributed by atoms with E-state index in [0.29, 0.717) is 6.61 Å². The number of aromatic nitrogens is 2. The highest BCUT2D eigenvalue weighted by Gasteiger charge is 2.02. The van der Waals surface area contributed by atoms with Crippen molar-refractivity contribution in [2.75, 3.05) is 12.4 Å². The van der Waals surface area contributed by atoms with E-state index in [4.69, 9.17) is 4.74 Å². The van der Waals surface area contributed by atoms with Crippen LogP contribution in [-0.4, -0.2) is 17.0 Å². The Balaban J connectivity index is 2.04. The number of benzene rings is 1. The second-order valence-electron chi connectivity index (χ2n) is 4.20. The summed E-state index contributed by atoms with van der Waals surface area (Å²) in [7, 11) is 1.82. The maximum atomic E-state index is 5.75. The van der Waals surface area contributed by atoms with Crippen molar-refractivity contribution in [1.29, 1.82) is 0 Å². The van der Waals surface area contributed by atoms with Gasteiger partial charge < -0.3 is 10.1 Å². The molecule has 0 saturated carbocycles. The van der Waals surface area contributed by atoms with Crippen LogP contribution in [0.15, 0.2) is 30.6 Å². The Kier molecular flexibility index (Phi) is 3.77. The summed E-state index contributed by atoms with van der Waals surface area (Å²) in [5, 5.41) is 2.93. The van der Waals surface area contributed by atoms with E-state index in [1.54, 1.807) is 12.4 Å². The first-order valence-corrected chi connectivity index (χ1v) is 5.88. The second-order valence-corrected chi connectivity index (χ2v) is 4.20. The summed E-state index contributed by atoms with van der Waals surface area (Å²) in [6, 6.07) is 6.16. The van der Waals surface area contributed by atoms with Gasteiger partial charge in [-0.3, -0.25) is 4.98 Å². The molecule has 0 bridgehead atoms. The number of nitrogens with one attached hydrogen (secondary N) is 1. The van der Waals surface area contributed by atoms with E-state index in [0.717, 1.165) is 22.8 Å². The van der Waals surface area contributed by atoms with E-state index in [-0.39, 0.29) is 0 Å². The molecule has 18 heavy (non-hydrogen) atoms. The third kappa shape index (κ3) is 2.97. The number of nitrogens with zero attached hydrogens (tertiary/aromatic N) is 2. The van der Waals surface area contributed by atoms with Gasteiger partial charge >= 0.3 is 0 Å². The Hall–Kier alpha value is -2.10. The Morgan fingerprint density at radius 3 is 2.67 bits per heavy atom. The summed E-state index contributed by atoms with van der Waals surface area (Å²) in [5.74, 6) is 1.65. The van der Waals surface area contributed by atoms with Crippen molar-refractivity contribution in [2.24, 2.45) is 0 Å². The second kappa shape index (κ2) is 5.49. The maximum absolute atomic E-state index is 5.75. The van der Waals surface area contributed by atoms with Crippen molar-refractivity contribution >= 4 is 5.82 Å². The lowest BCUT2D eigenvalue weighted by atomic mass is 10.1. The quantitative estimate of drug-likeness (QED) is 0.897. The first-order chi connectivity index (χ1) is 8.69. The summed E-state index contributed by atoms with van der Waals surface area (Å²) >= 11 is 0. The van der Waals surface area contributed by atoms with Gasteiger partial charge in [0.15, 0.2) is 0 Å². The molecule has 0 fully saturated rings. The highest BCUT2D eigenvalue weighted by molar-refractivity contribution is 5.36. The third-order valence-electron chi connectivity index (χ3n) is 2.68. The number of hydrogen-bond acceptors (Lipinski definition) is 4. The first-order valence-electron chi connectivity index (χ1n) is 5.88. The van der Waals surface area contributed by atoms with Crippen LogP contribution in [0.1, 0.15) is 16.8 Å². The molecule has 0 aliphatic rings. The van der Waals surface area contributed by atoms with Gasteiger partial charge in [0, 0.05) is 7.05 Å². The molecule has 94 valence electrons. The number of aryl methyl sites for hydroxylation is 2. The average Bonchev–Trinajstić information content (AvgIpc) is 2.40. The van der Waals surface area contributed by atoms with E-state index >= 15 is 0 Å². The van der Waals surface area contributed by atoms with Crippen molar-refractivity contribution in [3.63, 3.8) is 0 Å². The Morgan fingerprint density at radius 1 is 1.17 bits per heavy atom. The lowest BCUT2D eigenvalue weighted by Crippen LogP contribution is -2.02. The fourth-order valence-corrected chi connectivity index (χ4v) is 1.57. The van der Waals surface area contributed by atoms with Crippen molar-refractivity contribution < 1.29 is 4.74 Å². The molecule has 0 atom stereocenters. The average molecular weight is 243 g/mol. The number of ether oxygens (including phenoxy) is 1. The standard InChI is InChI=1S/C14H17N3O/c1-10-4-5-11(2)13(6-10)18-9-12-7-17-14(15-3)8-16-12/h4-8H,9H2,1-3H3,(H,15,17). The van der Waals surface area contributed by atoms with Gasteiger partial charge in [0.1, 0.15) is 18.2 Å². The van der Waals surface area contributed by atoms with Crippen LogP contribution in [0, 0.1) is 13.8 Å². The molecule has 1 aromatic carbocycles. The number of anilines is 1. The predicted molar refractivity (Wildman–Crippen MR) is 71.8 cm³/mol. The van der Waals surface area contributed by atoms with Gasteiger partial charge in [-0.05, 0) is 31.0 Å². The molecule has 0 unspecified atom stereocenters. The van der Waals surface area contributed by atoms with Crippen LogP contribution < -0.4 is 10.1 Å².